The molecule has 34 heavy (non-hydrogen) atoms. The van der Waals surface area contributed by atoms with Crippen molar-refractivity contribution in [2.75, 3.05) is 0 Å². The van der Waals surface area contributed by atoms with Gasteiger partial charge in [0.05, 0.1) is 0 Å². The molecule has 2 atom stereocenters. The summed E-state index contributed by atoms with van der Waals surface area (Å²) in [4.78, 5) is 0. The van der Waals surface area contributed by atoms with Crippen molar-refractivity contribution >= 4 is 0 Å². The van der Waals surface area contributed by atoms with E-state index in [-0.39, 0.29) is 0 Å². The van der Waals surface area contributed by atoms with Gasteiger partial charge in [-0.05, 0) is 50.4 Å². The smallest absolute Gasteiger partial charge is 0.0171 e. The van der Waals surface area contributed by atoms with E-state index in [1.165, 1.54) is 154 Å². The van der Waals surface area contributed by atoms with Crippen LogP contribution in [0.3, 0.4) is 0 Å². The minimum absolute atomic E-state index is 0.764. The molecule has 0 fully saturated rings. The first-order valence-electron chi connectivity index (χ1n) is 16.1. The van der Waals surface area contributed by atoms with E-state index in [0.717, 1.165) is 11.8 Å². The van der Waals surface area contributed by atoms with E-state index in [9.17, 15) is 0 Å². The Hall–Kier alpha value is -0.520. The molecule has 0 rings (SSSR count). The van der Waals surface area contributed by atoms with Gasteiger partial charge in [-0.15, -0.1) is 0 Å². The topological polar surface area (TPSA) is 0 Å². The molecule has 0 N–H and O–H groups in total. The molecule has 2 unspecified atom stereocenters. The lowest BCUT2D eigenvalue weighted by atomic mass is 9.82. The Labute approximate surface area is 217 Å². The molecular formula is C34H66. The summed E-state index contributed by atoms with van der Waals surface area (Å²) < 4.78 is 0. The van der Waals surface area contributed by atoms with Crippen molar-refractivity contribution in [2.24, 2.45) is 11.8 Å². The maximum atomic E-state index is 2.65. The van der Waals surface area contributed by atoms with E-state index < -0.39 is 0 Å². The van der Waals surface area contributed by atoms with Crippen LogP contribution in [0.15, 0.2) is 24.3 Å². The minimum atomic E-state index is 0.764. The molecule has 202 valence electrons. The van der Waals surface area contributed by atoms with Gasteiger partial charge in [0.1, 0.15) is 0 Å². The monoisotopic (exact) mass is 475 g/mol. The van der Waals surface area contributed by atoms with Crippen LogP contribution in [0.2, 0.25) is 0 Å². The van der Waals surface area contributed by atoms with Crippen molar-refractivity contribution in [2.45, 2.75) is 182 Å². The lowest BCUT2D eigenvalue weighted by molar-refractivity contribution is 0.385. The van der Waals surface area contributed by atoms with E-state index >= 15 is 0 Å². The Bertz CT molecular complexity index is 378. The predicted molar refractivity (Wildman–Crippen MR) is 159 cm³/mol. The zero-order valence-electron chi connectivity index (χ0n) is 24.4. The van der Waals surface area contributed by atoms with Crippen LogP contribution in [0, 0.1) is 11.8 Å². The van der Waals surface area contributed by atoms with Gasteiger partial charge < -0.3 is 0 Å². The summed E-state index contributed by atoms with van der Waals surface area (Å²) in [6.07, 6.45) is 43.9. The van der Waals surface area contributed by atoms with Gasteiger partial charge in [0, 0.05) is 0 Å². The predicted octanol–water partition coefficient (Wildman–Crippen LogP) is 12.8. The Morgan fingerprint density at radius 1 is 0.353 bits per heavy atom. The van der Waals surface area contributed by atoms with Gasteiger partial charge in [-0.2, -0.15) is 0 Å². The lowest BCUT2D eigenvalue weighted by Gasteiger charge is -2.23. The average Bonchev–Trinajstić information content (AvgIpc) is 2.85. The molecule has 0 spiro atoms. The molecule has 0 amide bonds. The van der Waals surface area contributed by atoms with Crippen molar-refractivity contribution in [3.05, 3.63) is 24.3 Å². The van der Waals surface area contributed by atoms with E-state index in [0.29, 0.717) is 0 Å². The average molecular weight is 475 g/mol. The molecule has 0 aromatic rings. The van der Waals surface area contributed by atoms with Crippen molar-refractivity contribution in [3.8, 4) is 0 Å². The fourth-order valence-corrected chi connectivity index (χ4v) is 5.15. The second-order valence-electron chi connectivity index (χ2n) is 11.0. The molecule has 0 heteroatoms. The lowest BCUT2D eigenvalue weighted by Crippen LogP contribution is -2.11. The molecule has 0 radical (unpaired) electrons. The molecule has 0 saturated carbocycles. The second-order valence-corrected chi connectivity index (χ2v) is 11.0. The first-order valence-corrected chi connectivity index (χ1v) is 16.1. The van der Waals surface area contributed by atoms with E-state index in [1.54, 1.807) is 0 Å². The van der Waals surface area contributed by atoms with Crippen LogP contribution in [0.1, 0.15) is 182 Å². The molecule has 0 aromatic carbocycles. The van der Waals surface area contributed by atoms with Crippen LogP contribution in [-0.2, 0) is 0 Å². The summed E-state index contributed by atoms with van der Waals surface area (Å²) >= 11 is 0. The van der Waals surface area contributed by atoms with Crippen molar-refractivity contribution < 1.29 is 0 Å². The molecule has 0 aromatic heterocycles. The SMILES string of the molecule is CCCCCCC=CC(CCCCCCCC)C(C=CCCCCCC)CCCCCCCC. The van der Waals surface area contributed by atoms with Gasteiger partial charge in [-0.25, -0.2) is 0 Å². The standard InChI is InChI=1S/C34H66/c1-5-9-13-17-21-25-29-33(30-26-22-18-14-10-6-2)34(31-27-23-19-15-11-7-3)32-28-24-20-16-12-8-4/h25,27,29,31,33-34H,5-24,26,28,30,32H2,1-4H3. The molecule has 0 nitrogen and oxygen atoms in total. The Morgan fingerprint density at radius 2 is 0.647 bits per heavy atom. The zero-order chi connectivity index (χ0) is 25.0. The van der Waals surface area contributed by atoms with Crippen LogP contribution in [0.5, 0.6) is 0 Å². The van der Waals surface area contributed by atoms with Crippen LogP contribution >= 0.6 is 0 Å². The summed E-state index contributed by atoms with van der Waals surface area (Å²) in [7, 11) is 0. The van der Waals surface area contributed by atoms with E-state index in [1.807, 2.05) is 0 Å². The number of rotatable bonds is 27. The summed E-state index contributed by atoms with van der Waals surface area (Å²) in [5, 5.41) is 0. The van der Waals surface area contributed by atoms with E-state index in [4.69, 9.17) is 0 Å². The summed E-state index contributed by atoms with van der Waals surface area (Å²) in [6.45, 7) is 9.27. The highest BCUT2D eigenvalue weighted by Gasteiger charge is 2.16. The van der Waals surface area contributed by atoms with Crippen LogP contribution in [0.4, 0.5) is 0 Å². The Morgan fingerprint density at radius 3 is 1.00 bits per heavy atom. The quantitative estimate of drug-likeness (QED) is 0.0819. The molecule has 0 aliphatic rings. The maximum absolute atomic E-state index is 2.65. The van der Waals surface area contributed by atoms with Crippen LogP contribution < -0.4 is 0 Å². The minimum Gasteiger partial charge on any atom is -0.0882 e. The maximum Gasteiger partial charge on any atom is -0.0171 e. The Kier molecular flexibility index (Phi) is 28.3. The third-order valence-electron chi connectivity index (χ3n) is 7.55. The van der Waals surface area contributed by atoms with Gasteiger partial charge in [0.25, 0.3) is 0 Å². The first-order chi connectivity index (χ1) is 16.8. The summed E-state index contributed by atoms with van der Waals surface area (Å²) in [5.41, 5.74) is 0. The van der Waals surface area contributed by atoms with Crippen molar-refractivity contribution in [3.63, 3.8) is 0 Å². The van der Waals surface area contributed by atoms with Gasteiger partial charge in [0.15, 0.2) is 0 Å². The van der Waals surface area contributed by atoms with Gasteiger partial charge in [-0.3, -0.25) is 0 Å². The Balaban J connectivity index is 4.88. The largest absolute Gasteiger partial charge is 0.0882 e. The van der Waals surface area contributed by atoms with Gasteiger partial charge in [-0.1, -0.05) is 168 Å². The fourth-order valence-electron chi connectivity index (χ4n) is 5.15. The molecular weight excluding hydrogens is 408 g/mol. The fraction of sp³-hybridized carbons (Fsp3) is 0.882. The first kappa shape index (κ1) is 33.5. The molecule has 0 bridgehead atoms. The summed E-state index contributed by atoms with van der Waals surface area (Å²) in [6, 6.07) is 0. The second kappa shape index (κ2) is 28.7. The van der Waals surface area contributed by atoms with Crippen LogP contribution in [0.25, 0.3) is 0 Å². The number of unbranched alkanes of at least 4 members (excludes halogenated alkanes) is 18. The zero-order valence-corrected chi connectivity index (χ0v) is 24.4. The van der Waals surface area contributed by atoms with Gasteiger partial charge in [0.2, 0.25) is 0 Å². The van der Waals surface area contributed by atoms with Crippen molar-refractivity contribution in [1.29, 1.82) is 0 Å². The normalized spacial score (nSPS) is 13.9. The number of allylic oxidation sites excluding steroid dienone is 4. The third-order valence-corrected chi connectivity index (χ3v) is 7.55. The third kappa shape index (κ3) is 23.2. The molecule has 0 aliphatic heterocycles. The highest BCUT2D eigenvalue weighted by molar-refractivity contribution is 5.00. The molecule has 0 heterocycles. The highest BCUT2D eigenvalue weighted by atomic mass is 14.2. The molecule has 0 saturated heterocycles. The van der Waals surface area contributed by atoms with Gasteiger partial charge >= 0.3 is 0 Å². The number of hydrogen-bond acceptors (Lipinski definition) is 0. The highest BCUT2D eigenvalue weighted by Crippen LogP contribution is 2.28. The molecule has 0 aliphatic carbocycles. The number of hydrogen-bond donors (Lipinski definition) is 0. The van der Waals surface area contributed by atoms with Crippen molar-refractivity contribution in [1.82, 2.24) is 0 Å². The van der Waals surface area contributed by atoms with Crippen LogP contribution in [-0.4, -0.2) is 0 Å². The van der Waals surface area contributed by atoms with E-state index in [2.05, 4.69) is 52.0 Å². The summed E-state index contributed by atoms with van der Waals surface area (Å²) in [5.74, 6) is 1.53.